The molecule has 0 bridgehead atoms. The van der Waals surface area contributed by atoms with Gasteiger partial charge in [-0.25, -0.2) is 9.97 Å². The summed E-state index contributed by atoms with van der Waals surface area (Å²) >= 11 is 0. The van der Waals surface area contributed by atoms with Crippen LogP contribution in [0.15, 0.2) is 152 Å². The molecule has 0 spiro atoms. The summed E-state index contributed by atoms with van der Waals surface area (Å²) in [5, 5.41) is 6.19. The monoisotopic (exact) mass is 613 g/mol. The van der Waals surface area contributed by atoms with Crippen molar-refractivity contribution in [3.8, 4) is 39.5 Å². The number of nitrogens with zero attached hydrogens (tertiary/aromatic N) is 3. The molecule has 0 amide bonds. The molecule has 0 aliphatic heterocycles. The molecule has 1 aliphatic rings. The molecule has 48 heavy (non-hydrogen) atoms. The van der Waals surface area contributed by atoms with Crippen molar-refractivity contribution in [1.82, 2.24) is 14.5 Å². The molecule has 0 atom stereocenters. The summed E-state index contributed by atoms with van der Waals surface area (Å²) in [5.74, 6) is 0.715. The first-order valence-electron chi connectivity index (χ1n) is 16.6. The summed E-state index contributed by atoms with van der Waals surface area (Å²) in [6.07, 6.45) is 0. The summed E-state index contributed by atoms with van der Waals surface area (Å²) in [5.41, 5.74) is 12.7. The lowest BCUT2D eigenvalue weighted by Gasteiger charge is -2.23. The highest BCUT2D eigenvalue weighted by atomic mass is 15.0. The Hall–Kier alpha value is -6.06. The van der Waals surface area contributed by atoms with Crippen LogP contribution in [-0.2, 0) is 5.41 Å². The maximum absolute atomic E-state index is 5.29. The van der Waals surface area contributed by atoms with Gasteiger partial charge < -0.3 is 4.57 Å². The molecule has 3 nitrogen and oxygen atoms in total. The van der Waals surface area contributed by atoms with Crippen molar-refractivity contribution in [2.24, 2.45) is 0 Å². The minimum absolute atomic E-state index is 0.131. The second kappa shape index (κ2) is 9.97. The number of benzene rings is 7. The van der Waals surface area contributed by atoms with Gasteiger partial charge in [-0.1, -0.05) is 135 Å². The van der Waals surface area contributed by atoms with Crippen LogP contribution >= 0.6 is 0 Å². The number of hydrogen-bond acceptors (Lipinski definition) is 2. The van der Waals surface area contributed by atoms with E-state index >= 15 is 0 Å². The van der Waals surface area contributed by atoms with E-state index in [-0.39, 0.29) is 5.41 Å². The predicted molar refractivity (Wildman–Crippen MR) is 200 cm³/mol. The fourth-order valence-electron chi connectivity index (χ4n) is 8.28. The maximum Gasteiger partial charge on any atom is 0.162 e. The van der Waals surface area contributed by atoms with Gasteiger partial charge in [-0.3, -0.25) is 0 Å². The third-order valence-corrected chi connectivity index (χ3v) is 10.4. The standard InChI is InChI=1S/C45H31N3/c1-45(2)35-20-10-6-16-30(35)31-26-24-28-25-27-39-41(40(28)42(31)45)33-18-8-12-22-37(33)48(39)38-23-13-9-19-34(38)44-46-36-21-11-7-17-32(36)43(47-44)29-14-4-3-5-15-29/h3-27H,1-2H3. The van der Waals surface area contributed by atoms with Crippen LogP contribution in [0.4, 0.5) is 0 Å². The Kier molecular flexibility index (Phi) is 5.63. The Labute approximate surface area is 278 Å². The van der Waals surface area contributed by atoms with Crippen molar-refractivity contribution in [3.05, 3.63) is 163 Å². The SMILES string of the molecule is CC1(C)c2ccccc2-c2ccc3ccc4c(c5ccccc5n4-c4ccccc4-c4nc(-c5ccccc5)c5ccccc5n4)c3c21. The highest BCUT2D eigenvalue weighted by Crippen LogP contribution is 2.53. The lowest BCUT2D eigenvalue weighted by molar-refractivity contribution is 0.666. The Morgan fingerprint density at radius 3 is 2.06 bits per heavy atom. The van der Waals surface area contributed by atoms with Crippen LogP contribution < -0.4 is 0 Å². The van der Waals surface area contributed by atoms with Crippen molar-refractivity contribution in [1.29, 1.82) is 0 Å². The zero-order valence-corrected chi connectivity index (χ0v) is 26.8. The Morgan fingerprint density at radius 2 is 1.19 bits per heavy atom. The molecular formula is C45H31N3. The van der Waals surface area contributed by atoms with E-state index in [1.54, 1.807) is 0 Å². The Morgan fingerprint density at radius 1 is 0.500 bits per heavy atom. The predicted octanol–water partition coefficient (Wildman–Crippen LogP) is 11.5. The third-order valence-electron chi connectivity index (χ3n) is 10.4. The molecule has 3 heteroatoms. The minimum atomic E-state index is -0.131. The van der Waals surface area contributed by atoms with E-state index in [9.17, 15) is 0 Å². The van der Waals surface area contributed by atoms with E-state index in [1.807, 2.05) is 6.07 Å². The van der Waals surface area contributed by atoms with Gasteiger partial charge >= 0.3 is 0 Å². The normalized spacial score (nSPS) is 13.4. The summed E-state index contributed by atoms with van der Waals surface area (Å²) in [6, 6.07) is 54.3. The molecule has 0 fully saturated rings. The molecule has 0 unspecified atom stereocenters. The maximum atomic E-state index is 5.29. The fourth-order valence-corrected chi connectivity index (χ4v) is 8.28. The van der Waals surface area contributed by atoms with Crippen LogP contribution in [0.5, 0.6) is 0 Å². The van der Waals surface area contributed by atoms with Gasteiger partial charge in [-0.15, -0.1) is 0 Å². The van der Waals surface area contributed by atoms with Gasteiger partial charge in [0.1, 0.15) is 0 Å². The van der Waals surface area contributed by atoms with Crippen LogP contribution in [0.1, 0.15) is 25.0 Å². The molecular weight excluding hydrogens is 583 g/mol. The number of fused-ring (bicyclic) bond motifs is 10. The zero-order valence-electron chi connectivity index (χ0n) is 26.8. The molecule has 0 saturated heterocycles. The molecule has 0 radical (unpaired) electrons. The molecule has 1 aliphatic carbocycles. The first-order valence-corrected chi connectivity index (χ1v) is 16.6. The molecule has 226 valence electrons. The number of aromatic nitrogens is 3. The third kappa shape index (κ3) is 3.70. The number of hydrogen-bond donors (Lipinski definition) is 0. The van der Waals surface area contributed by atoms with E-state index in [1.165, 1.54) is 54.8 Å². The van der Waals surface area contributed by atoms with Crippen LogP contribution in [0.25, 0.3) is 82.9 Å². The van der Waals surface area contributed by atoms with Gasteiger partial charge in [0, 0.05) is 32.7 Å². The van der Waals surface area contributed by atoms with Gasteiger partial charge in [0.2, 0.25) is 0 Å². The van der Waals surface area contributed by atoms with Crippen molar-refractivity contribution < 1.29 is 0 Å². The highest BCUT2D eigenvalue weighted by Gasteiger charge is 2.37. The van der Waals surface area contributed by atoms with Gasteiger partial charge in [0.05, 0.1) is 27.9 Å². The average Bonchev–Trinajstić information content (AvgIpc) is 3.60. The largest absolute Gasteiger partial charge is 0.308 e. The van der Waals surface area contributed by atoms with Crippen LogP contribution in [0.3, 0.4) is 0 Å². The van der Waals surface area contributed by atoms with Crippen LogP contribution in [-0.4, -0.2) is 14.5 Å². The second-order valence-electron chi connectivity index (χ2n) is 13.4. The molecule has 0 N–H and O–H groups in total. The lowest BCUT2D eigenvalue weighted by atomic mass is 9.79. The van der Waals surface area contributed by atoms with E-state index in [0.717, 1.165) is 33.4 Å². The highest BCUT2D eigenvalue weighted by molar-refractivity contribution is 6.24. The van der Waals surface area contributed by atoms with Crippen molar-refractivity contribution in [2.45, 2.75) is 19.3 Å². The summed E-state index contributed by atoms with van der Waals surface area (Å²) in [6.45, 7) is 4.76. The van der Waals surface area contributed by atoms with E-state index < -0.39 is 0 Å². The van der Waals surface area contributed by atoms with E-state index in [0.29, 0.717) is 5.82 Å². The summed E-state index contributed by atoms with van der Waals surface area (Å²) in [4.78, 5) is 10.5. The molecule has 10 rings (SSSR count). The molecule has 9 aromatic rings. The molecule has 2 heterocycles. The Bertz CT molecular complexity index is 2750. The number of rotatable bonds is 3. The summed E-state index contributed by atoms with van der Waals surface area (Å²) in [7, 11) is 0. The van der Waals surface area contributed by atoms with Gasteiger partial charge in [0.15, 0.2) is 5.82 Å². The summed E-state index contributed by atoms with van der Waals surface area (Å²) < 4.78 is 2.43. The lowest BCUT2D eigenvalue weighted by Crippen LogP contribution is -2.15. The van der Waals surface area contributed by atoms with Crippen molar-refractivity contribution in [3.63, 3.8) is 0 Å². The molecule has 7 aromatic carbocycles. The van der Waals surface area contributed by atoms with Crippen LogP contribution in [0.2, 0.25) is 0 Å². The van der Waals surface area contributed by atoms with Crippen molar-refractivity contribution >= 4 is 43.5 Å². The van der Waals surface area contributed by atoms with Gasteiger partial charge in [0.25, 0.3) is 0 Å². The minimum Gasteiger partial charge on any atom is -0.308 e. The molecule has 0 saturated carbocycles. The topological polar surface area (TPSA) is 30.7 Å². The first-order chi connectivity index (χ1) is 23.6. The van der Waals surface area contributed by atoms with Crippen LogP contribution in [0, 0.1) is 0 Å². The number of para-hydroxylation sites is 3. The van der Waals surface area contributed by atoms with E-state index in [4.69, 9.17) is 9.97 Å². The van der Waals surface area contributed by atoms with E-state index in [2.05, 4.69) is 164 Å². The van der Waals surface area contributed by atoms with Gasteiger partial charge in [-0.05, 0) is 63.4 Å². The fraction of sp³-hybridized carbons (Fsp3) is 0.0667. The smallest absolute Gasteiger partial charge is 0.162 e. The average molecular weight is 614 g/mol. The molecule has 2 aromatic heterocycles. The second-order valence-corrected chi connectivity index (χ2v) is 13.4. The Balaban J connectivity index is 1.30. The van der Waals surface area contributed by atoms with Crippen molar-refractivity contribution in [2.75, 3.05) is 0 Å². The first kappa shape index (κ1) is 27.1. The van der Waals surface area contributed by atoms with Gasteiger partial charge in [-0.2, -0.15) is 0 Å². The zero-order chi connectivity index (χ0) is 32.0. The quantitative estimate of drug-likeness (QED) is 0.198.